The predicted molar refractivity (Wildman–Crippen MR) is 61.1 cm³/mol. The van der Waals surface area contributed by atoms with Crippen LogP contribution in [0.5, 0.6) is 0 Å². The lowest BCUT2D eigenvalue weighted by molar-refractivity contribution is -0.141. The summed E-state index contributed by atoms with van der Waals surface area (Å²) in [7, 11) is 0. The smallest absolute Gasteiger partial charge is 0.333 e. The number of aromatic nitrogens is 2. The molecule has 0 saturated carbocycles. The summed E-state index contributed by atoms with van der Waals surface area (Å²) in [5.74, 6) is -0.0822. The molecule has 1 aromatic rings. The van der Waals surface area contributed by atoms with Gasteiger partial charge in [-0.25, -0.2) is 9.97 Å². The van der Waals surface area contributed by atoms with Crippen molar-refractivity contribution >= 4 is 5.91 Å². The molecule has 104 valence electrons. The number of likely N-dealkylation sites (tertiary alicyclic amines) is 1. The van der Waals surface area contributed by atoms with Crippen molar-refractivity contribution in [1.82, 2.24) is 14.9 Å². The Balaban J connectivity index is 2.40. The molecule has 4 nitrogen and oxygen atoms in total. The van der Waals surface area contributed by atoms with Crippen molar-refractivity contribution < 1.29 is 18.0 Å². The van der Waals surface area contributed by atoms with Crippen LogP contribution in [0, 0.1) is 6.92 Å². The number of carbonyl (C=O) groups is 1. The molecule has 0 aromatic carbocycles. The zero-order valence-electron chi connectivity index (χ0n) is 10.7. The monoisotopic (exact) mass is 273 g/mol. The molecule has 1 aliphatic rings. The summed E-state index contributed by atoms with van der Waals surface area (Å²) >= 11 is 0. The average Bonchev–Trinajstić information content (AvgIpc) is 2.75. The van der Waals surface area contributed by atoms with Crippen LogP contribution in [0.1, 0.15) is 43.0 Å². The Kier molecular flexibility index (Phi) is 3.47. The van der Waals surface area contributed by atoms with Crippen molar-refractivity contribution in [1.29, 1.82) is 0 Å². The molecule has 0 aliphatic carbocycles. The van der Waals surface area contributed by atoms with Gasteiger partial charge >= 0.3 is 6.18 Å². The molecule has 1 atom stereocenters. The Morgan fingerprint density at radius 2 is 2.11 bits per heavy atom. The Bertz CT molecular complexity index is 501. The minimum absolute atomic E-state index is 0.0834. The lowest BCUT2D eigenvalue weighted by Gasteiger charge is -2.22. The van der Waals surface area contributed by atoms with Crippen LogP contribution >= 0.6 is 0 Å². The summed E-state index contributed by atoms with van der Waals surface area (Å²) in [6.45, 7) is 3.44. The summed E-state index contributed by atoms with van der Waals surface area (Å²) in [5.41, 5.74) is -0.696. The molecule has 1 aliphatic heterocycles. The fourth-order valence-electron chi connectivity index (χ4n) is 2.30. The molecule has 2 rings (SSSR count). The van der Waals surface area contributed by atoms with Crippen LogP contribution in [0.25, 0.3) is 0 Å². The number of rotatable bonds is 1. The SMILES string of the molecule is CC(=O)N1CCC[C@@H]1c1nc(C)cc(C(F)(F)F)n1. The lowest BCUT2D eigenvalue weighted by atomic mass is 10.2. The van der Waals surface area contributed by atoms with Crippen LogP contribution in [0.15, 0.2) is 6.07 Å². The van der Waals surface area contributed by atoms with Crippen LogP contribution in [-0.4, -0.2) is 27.3 Å². The highest BCUT2D eigenvalue weighted by atomic mass is 19.4. The van der Waals surface area contributed by atoms with Gasteiger partial charge in [0.1, 0.15) is 5.69 Å². The molecular weight excluding hydrogens is 259 g/mol. The van der Waals surface area contributed by atoms with Crippen LogP contribution in [-0.2, 0) is 11.0 Å². The highest BCUT2D eigenvalue weighted by molar-refractivity contribution is 5.74. The fraction of sp³-hybridized carbons (Fsp3) is 0.583. The Hall–Kier alpha value is -1.66. The van der Waals surface area contributed by atoms with Gasteiger partial charge in [0.15, 0.2) is 5.82 Å². The molecule has 0 bridgehead atoms. The third-order valence-electron chi connectivity index (χ3n) is 3.12. The van der Waals surface area contributed by atoms with Gasteiger partial charge in [0.2, 0.25) is 5.91 Å². The fourth-order valence-corrected chi connectivity index (χ4v) is 2.30. The van der Waals surface area contributed by atoms with Crippen LogP contribution < -0.4 is 0 Å². The minimum atomic E-state index is -4.50. The van der Waals surface area contributed by atoms with Gasteiger partial charge in [0.05, 0.1) is 6.04 Å². The number of hydrogen-bond acceptors (Lipinski definition) is 3. The number of alkyl halides is 3. The molecule has 7 heteroatoms. The molecule has 2 heterocycles. The first-order chi connectivity index (χ1) is 8.79. The largest absolute Gasteiger partial charge is 0.433 e. The topological polar surface area (TPSA) is 46.1 Å². The van der Waals surface area contributed by atoms with E-state index in [0.717, 1.165) is 12.5 Å². The third-order valence-corrected chi connectivity index (χ3v) is 3.12. The molecule has 0 N–H and O–H groups in total. The summed E-state index contributed by atoms with van der Waals surface area (Å²) in [6, 6.07) is 0.467. The van der Waals surface area contributed by atoms with E-state index in [-0.39, 0.29) is 17.4 Å². The number of halogens is 3. The Labute approximate surface area is 108 Å². The number of nitrogens with zero attached hydrogens (tertiary/aromatic N) is 3. The van der Waals surface area contributed by atoms with Crippen molar-refractivity contribution in [3.05, 3.63) is 23.3 Å². The molecule has 1 aromatic heterocycles. The molecule has 1 fully saturated rings. The van der Waals surface area contributed by atoms with Crippen LogP contribution in [0.2, 0.25) is 0 Å². The maximum absolute atomic E-state index is 12.7. The van der Waals surface area contributed by atoms with Gasteiger partial charge in [-0.2, -0.15) is 13.2 Å². The average molecular weight is 273 g/mol. The number of carbonyl (C=O) groups excluding carboxylic acids is 1. The first-order valence-corrected chi connectivity index (χ1v) is 5.99. The minimum Gasteiger partial charge on any atom is -0.333 e. The van der Waals surface area contributed by atoms with Crippen LogP contribution in [0.3, 0.4) is 0 Å². The van der Waals surface area contributed by atoms with E-state index in [4.69, 9.17) is 0 Å². The van der Waals surface area contributed by atoms with E-state index < -0.39 is 17.9 Å². The van der Waals surface area contributed by atoms with Gasteiger partial charge in [-0.05, 0) is 25.8 Å². The first-order valence-electron chi connectivity index (χ1n) is 5.99. The van der Waals surface area contributed by atoms with Gasteiger partial charge in [-0.15, -0.1) is 0 Å². The number of hydrogen-bond donors (Lipinski definition) is 0. The second kappa shape index (κ2) is 4.79. The van der Waals surface area contributed by atoms with E-state index in [1.54, 1.807) is 0 Å². The Morgan fingerprint density at radius 3 is 2.68 bits per heavy atom. The molecule has 0 spiro atoms. The van der Waals surface area contributed by atoms with E-state index in [2.05, 4.69) is 9.97 Å². The van der Waals surface area contributed by atoms with Crippen molar-refractivity contribution in [2.45, 2.75) is 38.9 Å². The van der Waals surface area contributed by atoms with Crippen molar-refractivity contribution in [3.8, 4) is 0 Å². The molecule has 19 heavy (non-hydrogen) atoms. The summed E-state index contributed by atoms with van der Waals surface area (Å²) < 4.78 is 38.2. The maximum Gasteiger partial charge on any atom is 0.433 e. The summed E-state index contributed by atoms with van der Waals surface area (Å²) in [4.78, 5) is 20.6. The van der Waals surface area contributed by atoms with E-state index in [0.29, 0.717) is 13.0 Å². The first kappa shape index (κ1) is 13.8. The van der Waals surface area contributed by atoms with Gasteiger partial charge in [-0.3, -0.25) is 4.79 Å². The second-order valence-electron chi connectivity index (χ2n) is 4.62. The third kappa shape index (κ3) is 2.85. The normalized spacial score (nSPS) is 19.8. The number of amides is 1. The van der Waals surface area contributed by atoms with E-state index >= 15 is 0 Å². The Morgan fingerprint density at radius 1 is 1.42 bits per heavy atom. The highest BCUT2D eigenvalue weighted by Crippen LogP contribution is 2.33. The van der Waals surface area contributed by atoms with E-state index in [9.17, 15) is 18.0 Å². The molecular formula is C12H14F3N3O. The van der Waals surface area contributed by atoms with Gasteiger partial charge < -0.3 is 4.90 Å². The summed E-state index contributed by atoms with van der Waals surface area (Å²) in [6.07, 6.45) is -3.15. The molecule has 1 saturated heterocycles. The van der Waals surface area contributed by atoms with Crippen molar-refractivity contribution in [3.63, 3.8) is 0 Å². The second-order valence-corrected chi connectivity index (χ2v) is 4.62. The number of aryl methyl sites for hydroxylation is 1. The lowest BCUT2D eigenvalue weighted by Crippen LogP contribution is -2.29. The van der Waals surface area contributed by atoms with Crippen molar-refractivity contribution in [2.75, 3.05) is 6.54 Å². The standard InChI is InChI=1S/C12H14F3N3O/c1-7-6-10(12(13,14)15)17-11(16-7)9-4-3-5-18(9)8(2)19/h6,9H,3-5H2,1-2H3/t9-/m1/s1. The molecule has 0 radical (unpaired) electrons. The van der Waals surface area contributed by atoms with Gasteiger partial charge in [-0.1, -0.05) is 0 Å². The van der Waals surface area contributed by atoms with E-state index in [1.807, 2.05) is 0 Å². The quantitative estimate of drug-likeness (QED) is 0.789. The van der Waals surface area contributed by atoms with Gasteiger partial charge in [0.25, 0.3) is 0 Å². The summed E-state index contributed by atoms with van der Waals surface area (Å²) in [5, 5.41) is 0. The van der Waals surface area contributed by atoms with Gasteiger partial charge in [0, 0.05) is 19.2 Å². The zero-order chi connectivity index (χ0) is 14.2. The maximum atomic E-state index is 12.7. The molecule has 0 unspecified atom stereocenters. The zero-order valence-corrected chi connectivity index (χ0v) is 10.7. The van der Waals surface area contributed by atoms with E-state index in [1.165, 1.54) is 18.7 Å². The predicted octanol–water partition coefficient (Wildman–Crippen LogP) is 2.49. The highest BCUT2D eigenvalue weighted by Gasteiger charge is 2.36. The molecule has 1 amide bonds. The van der Waals surface area contributed by atoms with Crippen molar-refractivity contribution in [2.24, 2.45) is 0 Å². The van der Waals surface area contributed by atoms with Crippen LogP contribution in [0.4, 0.5) is 13.2 Å².